The van der Waals surface area contributed by atoms with Crippen molar-refractivity contribution < 1.29 is 13.9 Å². The largest absolute Gasteiger partial charge is 0.497 e. The molecule has 1 aromatic heterocycles. The molecule has 172 valence electrons. The second-order valence-corrected chi connectivity index (χ2v) is 8.23. The molecule has 4 rings (SSSR count). The number of methoxy groups -OCH3 is 1. The van der Waals surface area contributed by atoms with Gasteiger partial charge in [-0.25, -0.2) is 9.37 Å². The van der Waals surface area contributed by atoms with Gasteiger partial charge in [-0.2, -0.15) is 4.98 Å². The Morgan fingerprint density at radius 2 is 2.03 bits per heavy atom. The first-order valence-electron chi connectivity index (χ1n) is 11.0. The highest BCUT2D eigenvalue weighted by atomic mass is 19.1. The van der Waals surface area contributed by atoms with Crippen molar-refractivity contribution in [3.05, 3.63) is 71.7 Å². The molecule has 0 spiro atoms. The normalized spacial score (nSPS) is 15.7. The lowest BCUT2D eigenvalue weighted by atomic mass is 9.97. The van der Waals surface area contributed by atoms with E-state index in [0.29, 0.717) is 30.5 Å². The van der Waals surface area contributed by atoms with Crippen LogP contribution in [0.25, 0.3) is 0 Å². The SMILES string of the molecule is COc1cc(F)cc(Nc2nccc(N3CCC[C@H](C(=O)NCc4ccc(C)cc4)C3)n2)c1. The average Bonchev–Trinajstić information content (AvgIpc) is 2.83. The number of benzene rings is 2. The van der Waals surface area contributed by atoms with Crippen molar-refractivity contribution in [2.24, 2.45) is 5.92 Å². The van der Waals surface area contributed by atoms with Gasteiger partial charge in [0.1, 0.15) is 17.4 Å². The third-order valence-electron chi connectivity index (χ3n) is 5.71. The number of halogens is 1. The van der Waals surface area contributed by atoms with E-state index in [4.69, 9.17) is 4.74 Å². The maximum Gasteiger partial charge on any atom is 0.229 e. The minimum atomic E-state index is -0.413. The molecule has 2 aromatic carbocycles. The van der Waals surface area contributed by atoms with Gasteiger partial charge in [-0.15, -0.1) is 0 Å². The minimum absolute atomic E-state index is 0.0551. The van der Waals surface area contributed by atoms with Gasteiger partial charge in [0.05, 0.1) is 13.0 Å². The second-order valence-electron chi connectivity index (χ2n) is 8.23. The zero-order valence-corrected chi connectivity index (χ0v) is 18.8. The highest BCUT2D eigenvalue weighted by Gasteiger charge is 2.26. The Kier molecular flexibility index (Phi) is 7.02. The van der Waals surface area contributed by atoms with Crippen LogP contribution in [0.2, 0.25) is 0 Å². The molecular formula is C25H28FN5O2. The fourth-order valence-corrected chi connectivity index (χ4v) is 3.91. The lowest BCUT2D eigenvalue weighted by molar-refractivity contribution is -0.125. The van der Waals surface area contributed by atoms with Crippen LogP contribution in [0, 0.1) is 18.7 Å². The number of aryl methyl sites for hydroxylation is 1. The molecule has 1 aliphatic rings. The molecule has 2 N–H and O–H groups in total. The number of nitrogens with zero attached hydrogens (tertiary/aromatic N) is 3. The van der Waals surface area contributed by atoms with E-state index < -0.39 is 5.82 Å². The summed E-state index contributed by atoms with van der Waals surface area (Å²) in [5.74, 6) is 1.02. The number of anilines is 3. The van der Waals surface area contributed by atoms with E-state index >= 15 is 0 Å². The van der Waals surface area contributed by atoms with Crippen LogP contribution in [0.15, 0.2) is 54.7 Å². The molecule has 7 nitrogen and oxygen atoms in total. The smallest absolute Gasteiger partial charge is 0.229 e. The first kappa shape index (κ1) is 22.5. The Bertz CT molecular complexity index is 1110. The minimum Gasteiger partial charge on any atom is -0.497 e. The van der Waals surface area contributed by atoms with Gasteiger partial charge >= 0.3 is 0 Å². The van der Waals surface area contributed by atoms with Crippen LogP contribution in [0.5, 0.6) is 5.75 Å². The molecule has 0 unspecified atom stereocenters. The number of carbonyl (C=O) groups excluding carboxylic acids is 1. The number of hydrogen-bond acceptors (Lipinski definition) is 6. The van der Waals surface area contributed by atoms with E-state index in [0.717, 1.165) is 30.8 Å². The van der Waals surface area contributed by atoms with Crippen LogP contribution < -0.4 is 20.3 Å². The Hall–Kier alpha value is -3.68. The molecule has 1 fully saturated rings. The van der Waals surface area contributed by atoms with Gasteiger partial charge < -0.3 is 20.3 Å². The van der Waals surface area contributed by atoms with Crippen molar-refractivity contribution in [2.75, 3.05) is 30.4 Å². The Morgan fingerprint density at radius 3 is 2.82 bits per heavy atom. The summed E-state index contributed by atoms with van der Waals surface area (Å²) in [5, 5.41) is 6.09. The Balaban J connectivity index is 1.39. The summed E-state index contributed by atoms with van der Waals surface area (Å²) >= 11 is 0. The van der Waals surface area contributed by atoms with Crippen molar-refractivity contribution in [3.8, 4) is 5.75 Å². The Morgan fingerprint density at radius 1 is 1.21 bits per heavy atom. The van der Waals surface area contributed by atoms with E-state index in [-0.39, 0.29) is 11.8 Å². The van der Waals surface area contributed by atoms with Gasteiger partial charge in [0, 0.05) is 43.7 Å². The van der Waals surface area contributed by atoms with Crippen LogP contribution in [0.3, 0.4) is 0 Å². The van der Waals surface area contributed by atoms with Gasteiger partial charge in [0.15, 0.2) is 0 Å². The zero-order valence-electron chi connectivity index (χ0n) is 18.8. The highest BCUT2D eigenvalue weighted by Crippen LogP contribution is 2.25. The van der Waals surface area contributed by atoms with Crippen molar-refractivity contribution in [1.29, 1.82) is 0 Å². The molecule has 3 aromatic rings. The van der Waals surface area contributed by atoms with E-state index in [1.54, 1.807) is 12.3 Å². The number of hydrogen-bond donors (Lipinski definition) is 2. The lowest BCUT2D eigenvalue weighted by Gasteiger charge is -2.33. The van der Waals surface area contributed by atoms with E-state index in [2.05, 4.69) is 25.5 Å². The number of piperidine rings is 1. The number of amides is 1. The molecule has 0 saturated carbocycles. The number of carbonyl (C=O) groups is 1. The summed E-state index contributed by atoms with van der Waals surface area (Å²) in [6.07, 6.45) is 3.40. The summed E-state index contributed by atoms with van der Waals surface area (Å²) in [6.45, 7) is 3.96. The first-order chi connectivity index (χ1) is 16.0. The summed E-state index contributed by atoms with van der Waals surface area (Å²) in [5.41, 5.74) is 2.78. The topological polar surface area (TPSA) is 79.4 Å². The van der Waals surface area contributed by atoms with Gasteiger partial charge in [0.25, 0.3) is 0 Å². The number of aromatic nitrogens is 2. The molecule has 2 heterocycles. The lowest BCUT2D eigenvalue weighted by Crippen LogP contribution is -2.43. The molecule has 0 bridgehead atoms. The van der Waals surface area contributed by atoms with Crippen molar-refractivity contribution in [1.82, 2.24) is 15.3 Å². The predicted octanol–water partition coefficient (Wildman–Crippen LogP) is 4.21. The molecule has 1 atom stereocenters. The van der Waals surface area contributed by atoms with E-state index in [1.165, 1.54) is 24.8 Å². The van der Waals surface area contributed by atoms with Crippen molar-refractivity contribution >= 4 is 23.4 Å². The standard InChI is InChI=1S/C25H28FN5O2/c1-17-5-7-18(8-6-17)15-28-24(32)19-4-3-11-31(16-19)23-9-10-27-25(30-23)29-21-12-20(26)13-22(14-21)33-2/h5-10,12-14,19H,3-4,11,15-16H2,1-2H3,(H,28,32)(H,27,29,30)/t19-/m0/s1. The highest BCUT2D eigenvalue weighted by molar-refractivity contribution is 5.79. The molecule has 1 aliphatic heterocycles. The summed E-state index contributed by atoms with van der Waals surface area (Å²) in [6, 6.07) is 14.3. The van der Waals surface area contributed by atoms with Crippen LogP contribution in [0.1, 0.15) is 24.0 Å². The molecule has 0 radical (unpaired) electrons. The van der Waals surface area contributed by atoms with E-state index in [9.17, 15) is 9.18 Å². The molecular weight excluding hydrogens is 421 g/mol. The molecule has 8 heteroatoms. The number of rotatable bonds is 7. The first-order valence-corrected chi connectivity index (χ1v) is 11.0. The number of nitrogens with one attached hydrogen (secondary N) is 2. The summed E-state index contributed by atoms with van der Waals surface area (Å²) in [7, 11) is 1.49. The molecule has 1 saturated heterocycles. The number of ether oxygens (including phenoxy) is 1. The van der Waals surface area contributed by atoms with Crippen LogP contribution in [0.4, 0.5) is 21.8 Å². The summed E-state index contributed by atoms with van der Waals surface area (Å²) < 4.78 is 18.9. The fourth-order valence-electron chi connectivity index (χ4n) is 3.91. The predicted molar refractivity (Wildman–Crippen MR) is 126 cm³/mol. The maximum absolute atomic E-state index is 13.8. The van der Waals surface area contributed by atoms with E-state index in [1.807, 2.05) is 37.3 Å². The molecule has 33 heavy (non-hydrogen) atoms. The van der Waals surface area contributed by atoms with Crippen molar-refractivity contribution in [2.45, 2.75) is 26.3 Å². The van der Waals surface area contributed by atoms with Gasteiger partial charge in [-0.3, -0.25) is 4.79 Å². The third kappa shape index (κ3) is 5.97. The zero-order chi connectivity index (χ0) is 23.2. The maximum atomic E-state index is 13.8. The second kappa shape index (κ2) is 10.3. The molecule has 0 aliphatic carbocycles. The Labute approximate surface area is 193 Å². The fraction of sp³-hybridized carbons (Fsp3) is 0.320. The quantitative estimate of drug-likeness (QED) is 0.563. The van der Waals surface area contributed by atoms with Crippen LogP contribution in [-0.2, 0) is 11.3 Å². The van der Waals surface area contributed by atoms with Gasteiger partial charge in [-0.05, 0) is 37.5 Å². The summed E-state index contributed by atoms with van der Waals surface area (Å²) in [4.78, 5) is 23.7. The van der Waals surface area contributed by atoms with Gasteiger partial charge in [-0.1, -0.05) is 29.8 Å². The third-order valence-corrected chi connectivity index (χ3v) is 5.71. The van der Waals surface area contributed by atoms with Crippen molar-refractivity contribution in [3.63, 3.8) is 0 Å². The van der Waals surface area contributed by atoms with Crippen LogP contribution >= 0.6 is 0 Å². The molecule has 1 amide bonds. The van der Waals surface area contributed by atoms with Crippen LogP contribution in [-0.4, -0.2) is 36.1 Å². The monoisotopic (exact) mass is 449 g/mol. The van der Waals surface area contributed by atoms with Gasteiger partial charge in [0.2, 0.25) is 11.9 Å². The average molecular weight is 450 g/mol.